The Labute approximate surface area is 200 Å². The number of para-hydroxylation sites is 1. The number of aromatic nitrogens is 2. The van der Waals surface area contributed by atoms with Crippen LogP contribution in [0, 0.1) is 6.92 Å². The van der Waals surface area contributed by atoms with Crippen molar-refractivity contribution in [2.45, 2.75) is 44.9 Å². The van der Waals surface area contributed by atoms with Gasteiger partial charge < -0.3 is 9.08 Å². The van der Waals surface area contributed by atoms with E-state index in [1.54, 1.807) is 0 Å². The van der Waals surface area contributed by atoms with Crippen molar-refractivity contribution < 1.29 is 9.08 Å². The predicted molar refractivity (Wildman–Crippen MR) is 134 cm³/mol. The van der Waals surface area contributed by atoms with E-state index in [0.717, 1.165) is 43.7 Å². The summed E-state index contributed by atoms with van der Waals surface area (Å²) in [5.74, 6) is 0. The highest BCUT2D eigenvalue weighted by atomic mass is 79.9. The summed E-state index contributed by atoms with van der Waals surface area (Å²) in [6.07, 6.45) is 0.583. The van der Waals surface area contributed by atoms with E-state index in [1.165, 1.54) is 0 Å². The smallest absolute Gasteiger partial charge is 0.167 e. The van der Waals surface area contributed by atoms with Gasteiger partial charge in [0.25, 0.3) is 0 Å². The van der Waals surface area contributed by atoms with Crippen LogP contribution in [0.4, 0.5) is 0 Å². The summed E-state index contributed by atoms with van der Waals surface area (Å²) in [6, 6.07) is 19.7. The second-order valence-electron chi connectivity index (χ2n) is 8.77. The lowest BCUT2D eigenvalue weighted by atomic mass is 9.93. The zero-order valence-corrected chi connectivity index (χ0v) is 21.0. The summed E-state index contributed by atoms with van der Waals surface area (Å²) in [5.41, 5.74) is 5.51. The Hall–Kier alpha value is -2.19. The highest BCUT2D eigenvalue weighted by Gasteiger charge is 2.32. The highest BCUT2D eigenvalue weighted by Crippen LogP contribution is 2.35. The fourth-order valence-corrected chi connectivity index (χ4v) is 4.73. The van der Waals surface area contributed by atoms with E-state index < -0.39 is 16.1 Å². The van der Waals surface area contributed by atoms with Crippen molar-refractivity contribution in [1.29, 1.82) is 0 Å². The summed E-state index contributed by atoms with van der Waals surface area (Å²) >= 11 is 2.22. The number of benzene rings is 2. The average Bonchev–Trinajstić information content (AvgIpc) is 3.19. The van der Waals surface area contributed by atoms with Crippen LogP contribution in [-0.2, 0) is 17.8 Å². The number of nitrogens with one attached hydrogen (secondary N) is 1. The minimum absolute atomic E-state index is 0.234. The summed E-state index contributed by atoms with van der Waals surface area (Å²) < 4.78 is 22.5. The molecule has 0 fully saturated rings. The molecule has 0 saturated carbocycles. The van der Waals surface area contributed by atoms with Gasteiger partial charge in [-0.2, -0.15) is 0 Å². The van der Waals surface area contributed by atoms with Gasteiger partial charge in [-0.1, -0.05) is 47.6 Å². The van der Waals surface area contributed by atoms with Gasteiger partial charge in [0.15, 0.2) is 5.58 Å². The summed E-state index contributed by atoms with van der Waals surface area (Å²) in [5, 5.41) is 5.32. The van der Waals surface area contributed by atoms with E-state index in [4.69, 9.17) is 9.51 Å². The van der Waals surface area contributed by atoms with Gasteiger partial charge in [-0.15, -0.1) is 4.72 Å². The lowest BCUT2D eigenvalue weighted by molar-refractivity contribution is 0.459. The molecule has 4 rings (SSSR count). The van der Waals surface area contributed by atoms with Gasteiger partial charge >= 0.3 is 0 Å². The molecule has 0 saturated heterocycles. The maximum absolute atomic E-state index is 13.1. The molecule has 0 radical (unpaired) electrons. The Morgan fingerprint density at radius 2 is 1.78 bits per heavy atom. The van der Waals surface area contributed by atoms with Crippen LogP contribution in [0.2, 0.25) is 0 Å². The lowest BCUT2D eigenvalue weighted by Crippen LogP contribution is -2.42. The van der Waals surface area contributed by atoms with Gasteiger partial charge in [-0.05, 0) is 73.0 Å². The van der Waals surface area contributed by atoms with Crippen LogP contribution in [0.15, 0.2) is 69.8 Å². The van der Waals surface area contributed by atoms with Crippen molar-refractivity contribution in [3.8, 4) is 11.3 Å². The van der Waals surface area contributed by atoms with E-state index in [0.29, 0.717) is 6.42 Å². The number of hydrogen-bond acceptors (Lipinski definition) is 5. The Morgan fingerprint density at radius 1 is 1.06 bits per heavy atom. The Balaban J connectivity index is 1.82. The van der Waals surface area contributed by atoms with E-state index in [1.807, 2.05) is 82.3 Å². The monoisotopic (exact) mass is 511 g/mol. The summed E-state index contributed by atoms with van der Waals surface area (Å²) in [6.45, 7) is 7.94. The third kappa shape index (κ3) is 4.91. The molecule has 0 spiro atoms. The molecule has 0 aliphatic rings. The van der Waals surface area contributed by atoms with E-state index in [-0.39, 0.29) is 6.04 Å². The number of rotatable bonds is 6. The van der Waals surface area contributed by atoms with Crippen molar-refractivity contribution in [2.75, 3.05) is 0 Å². The van der Waals surface area contributed by atoms with Crippen molar-refractivity contribution in [2.24, 2.45) is 0 Å². The highest BCUT2D eigenvalue weighted by molar-refractivity contribution is 9.10. The number of aryl methyl sites for hydroxylation is 1. The SMILES string of the molecule is Cc1ccc(Br)nc1CC(N[S@@+]([O-])C(C)(C)C)c1ccccc1-c1noc2ccccc12. The van der Waals surface area contributed by atoms with Crippen LogP contribution in [0.1, 0.15) is 43.6 Å². The second kappa shape index (κ2) is 9.35. The molecule has 2 aromatic carbocycles. The van der Waals surface area contributed by atoms with E-state index in [2.05, 4.69) is 31.9 Å². The maximum atomic E-state index is 13.1. The number of fused-ring (bicyclic) bond motifs is 1. The average molecular weight is 512 g/mol. The van der Waals surface area contributed by atoms with E-state index >= 15 is 0 Å². The quantitative estimate of drug-likeness (QED) is 0.243. The molecule has 0 bridgehead atoms. The first-order valence-electron chi connectivity index (χ1n) is 10.5. The van der Waals surface area contributed by atoms with Crippen LogP contribution in [-0.4, -0.2) is 19.4 Å². The number of halogens is 1. The molecule has 7 heteroatoms. The third-order valence-electron chi connectivity index (χ3n) is 5.34. The number of hydrogen-bond donors (Lipinski definition) is 1. The molecule has 1 N–H and O–H groups in total. The molecule has 2 aromatic heterocycles. The molecule has 4 aromatic rings. The Morgan fingerprint density at radius 3 is 2.56 bits per heavy atom. The predicted octanol–water partition coefficient (Wildman–Crippen LogP) is 6.30. The van der Waals surface area contributed by atoms with Crippen LogP contribution in [0.5, 0.6) is 0 Å². The molecule has 32 heavy (non-hydrogen) atoms. The lowest BCUT2D eigenvalue weighted by Gasteiger charge is -2.29. The molecule has 0 amide bonds. The van der Waals surface area contributed by atoms with Gasteiger partial charge in [0.1, 0.15) is 15.0 Å². The molecular weight excluding hydrogens is 486 g/mol. The fourth-order valence-electron chi connectivity index (χ4n) is 3.56. The van der Waals surface area contributed by atoms with Crippen LogP contribution in [0.3, 0.4) is 0 Å². The first-order chi connectivity index (χ1) is 15.2. The van der Waals surface area contributed by atoms with Crippen molar-refractivity contribution in [3.63, 3.8) is 0 Å². The molecule has 0 aliphatic carbocycles. The first-order valence-corrected chi connectivity index (χ1v) is 12.4. The van der Waals surface area contributed by atoms with Gasteiger partial charge in [0.05, 0.1) is 6.04 Å². The molecule has 166 valence electrons. The Kier molecular flexibility index (Phi) is 6.72. The molecule has 0 aliphatic heterocycles. The molecular formula is C25H26BrN3O2S. The standard InChI is InChI=1S/C25H26BrN3O2S/c1-16-13-14-23(26)27-20(16)15-21(29-32(30)25(2,3)4)17-9-5-6-10-18(17)24-19-11-7-8-12-22(19)31-28-24/h5-14,21,29H,15H2,1-4H3/t21?,32-/m0/s1. The third-order valence-corrected chi connectivity index (χ3v) is 7.39. The molecule has 2 heterocycles. The number of nitrogens with zero attached hydrogens (tertiary/aromatic N) is 2. The second-order valence-corrected chi connectivity index (χ2v) is 11.6. The largest absolute Gasteiger partial charge is 0.598 e. The van der Waals surface area contributed by atoms with Gasteiger partial charge in [-0.25, -0.2) is 4.98 Å². The molecule has 2 atom stereocenters. The minimum atomic E-state index is -1.27. The van der Waals surface area contributed by atoms with Crippen molar-refractivity contribution >= 4 is 38.3 Å². The maximum Gasteiger partial charge on any atom is 0.167 e. The summed E-state index contributed by atoms with van der Waals surface area (Å²) in [4.78, 5) is 4.69. The van der Waals surface area contributed by atoms with Crippen molar-refractivity contribution in [1.82, 2.24) is 14.9 Å². The zero-order chi connectivity index (χ0) is 22.9. The van der Waals surface area contributed by atoms with Gasteiger partial charge in [0.2, 0.25) is 0 Å². The topological polar surface area (TPSA) is 74.0 Å². The first kappa shape index (κ1) is 23.0. The van der Waals surface area contributed by atoms with Crippen LogP contribution < -0.4 is 4.72 Å². The van der Waals surface area contributed by atoms with Gasteiger partial charge in [-0.3, -0.25) is 0 Å². The summed E-state index contributed by atoms with van der Waals surface area (Å²) in [7, 11) is 0. The Bertz CT molecular complexity index is 1240. The minimum Gasteiger partial charge on any atom is -0.598 e. The normalized spacial score (nSPS) is 13.9. The zero-order valence-electron chi connectivity index (χ0n) is 18.6. The van der Waals surface area contributed by atoms with Crippen LogP contribution in [0.25, 0.3) is 22.2 Å². The van der Waals surface area contributed by atoms with E-state index in [9.17, 15) is 4.55 Å². The molecule has 1 unspecified atom stereocenters. The molecule has 5 nitrogen and oxygen atoms in total. The number of pyridine rings is 1. The fraction of sp³-hybridized carbons (Fsp3) is 0.280. The van der Waals surface area contributed by atoms with Crippen molar-refractivity contribution in [3.05, 3.63) is 82.1 Å². The van der Waals surface area contributed by atoms with Gasteiger partial charge in [0, 0.05) is 34.4 Å². The van der Waals surface area contributed by atoms with Crippen LogP contribution >= 0.6 is 15.9 Å².